The van der Waals surface area contributed by atoms with Crippen LogP contribution in [-0.2, 0) is 0 Å². The van der Waals surface area contributed by atoms with Gasteiger partial charge in [-0.1, -0.05) is 39.3 Å². The Morgan fingerprint density at radius 2 is 2.00 bits per heavy atom. The van der Waals surface area contributed by atoms with E-state index in [1.807, 2.05) is 0 Å². The van der Waals surface area contributed by atoms with Gasteiger partial charge in [0.2, 0.25) is 0 Å². The standard InChI is InChI=1S/C16H32N2/c1-8-16(7)12-18(10-9-13(2)3)14(11-17-16)15(4,5)6/h9,14,17H,8,10-12H2,1-7H3. The Balaban J connectivity index is 2.83. The average Bonchev–Trinajstić information content (AvgIpc) is 2.25. The normalized spacial score (nSPS) is 30.3. The maximum Gasteiger partial charge on any atom is 0.0278 e. The second-order valence-corrected chi connectivity index (χ2v) is 7.39. The van der Waals surface area contributed by atoms with Crippen LogP contribution in [0.25, 0.3) is 0 Å². The van der Waals surface area contributed by atoms with Crippen molar-refractivity contribution >= 4 is 0 Å². The van der Waals surface area contributed by atoms with E-state index in [0.717, 1.165) is 19.6 Å². The SMILES string of the molecule is CCC1(C)CN(CC=C(C)C)C(C(C)(C)C)CN1. The second-order valence-electron chi connectivity index (χ2n) is 7.39. The summed E-state index contributed by atoms with van der Waals surface area (Å²) < 4.78 is 0. The van der Waals surface area contributed by atoms with Gasteiger partial charge in [0, 0.05) is 31.2 Å². The van der Waals surface area contributed by atoms with Crippen LogP contribution in [0.15, 0.2) is 11.6 Å². The molecule has 106 valence electrons. The molecule has 1 aliphatic heterocycles. The Hall–Kier alpha value is -0.340. The van der Waals surface area contributed by atoms with E-state index in [4.69, 9.17) is 0 Å². The third-order valence-electron chi connectivity index (χ3n) is 4.23. The summed E-state index contributed by atoms with van der Waals surface area (Å²) in [6, 6.07) is 0.618. The molecule has 1 N–H and O–H groups in total. The minimum atomic E-state index is 0.275. The smallest absolute Gasteiger partial charge is 0.0278 e. The lowest BCUT2D eigenvalue weighted by molar-refractivity contribution is 0.0352. The predicted octanol–water partition coefficient (Wildman–Crippen LogP) is 3.44. The van der Waals surface area contributed by atoms with E-state index in [-0.39, 0.29) is 5.54 Å². The molecule has 0 spiro atoms. The molecule has 0 aliphatic carbocycles. The fourth-order valence-corrected chi connectivity index (χ4v) is 2.67. The van der Waals surface area contributed by atoms with E-state index in [9.17, 15) is 0 Å². The molecule has 0 radical (unpaired) electrons. The van der Waals surface area contributed by atoms with Gasteiger partial charge in [0.1, 0.15) is 0 Å². The van der Waals surface area contributed by atoms with Crippen molar-refractivity contribution in [1.29, 1.82) is 0 Å². The molecule has 1 aliphatic rings. The van der Waals surface area contributed by atoms with Gasteiger partial charge in [-0.25, -0.2) is 0 Å². The van der Waals surface area contributed by atoms with Crippen LogP contribution >= 0.6 is 0 Å². The molecule has 0 aromatic heterocycles. The number of piperazine rings is 1. The summed E-state index contributed by atoms with van der Waals surface area (Å²) in [5.74, 6) is 0. The van der Waals surface area contributed by atoms with E-state index >= 15 is 0 Å². The molecular weight excluding hydrogens is 220 g/mol. The first kappa shape index (κ1) is 15.7. The van der Waals surface area contributed by atoms with E-state index in [1.165, 1.54) is 12.0 Å². The molecule has 0 bridgehead atoms. The molecule has 1 heterocycles. The third-order valence-corrected chi connectivity index (χ3v) is 4.23. The van der Waals surface area contributed by atoms with Crippen LogP contribution in [0.1, 0.15) is 54.9 Å². The first-order valence-electron chi connectivity index (χ1n) is 7.30. The maximum atomic E-state index is 3.76. The Labute approximate surface area is 114 Å². The lowest BCUT2D eigenvalue weighted by Gasteiger charge is -2.50. The van der Waals surface area contributed by atoms with E-state index in [0.29, 0.717) is 11.5 Å². The first-order chi connectivity index (χ1) is 8.18. The van der Waals surface area contributed by atoms with Crippen LogP contribution in [0.3, 0.4) is 0 Å². The molecular formula is C16H32N2. The summed E-state index contributed by atoms with van der Waals surface area (Å²) in [6.45, 7) is 19.4. The van der Waals surface area contributed by atoms with Crippen molar-refractivity contribution in [1.82, 2.24) is 10.2 Å². The minimum Gasteiger partial charge on any atom is -0.309 e. The fraction of sp³-hybridized carbons (Fsp3) is 0.875. The zero-order valence-electron chi connectivity index (χ0n) is 13.4. The number of nitrogens with one attached hydrogen (secondary N) is 1. The van der Waals surface area contributed by atoms with Crippen LogP contribution in [0.4, 0.5) is 0 Å². The Morgan fingerprint density at radius 1 is 1.39 bits per heavy atom. The van der Waals surface area contributed by atoms with Gasteiger partial charge in [0.05, 0.1) is 0 Å². The predicted molar refractivity (Wildman–Crippen MR) is 80.9 cm³/mol. The molecule has 1 saturated heterocycles. The van der Waals surface area contributed by atoms with Crippen molar-refractivity contribution < 1.29 is 0 Å². The molecule has 0 aromatic carbocycles. The Bertz CT molecular complexity index is 297. The van der Waals surface area contributed by atoms with Crippen LogP contribution in [-0.4, -0.2) is 36.1 Å². The van der Waals surface area contributed by atoms with E-state index in [1.54, 1.807) is 0 Å². The zero-order chi connectivity index (χ0) is 14.0. The molecule has 2 unspecified atom stereocenters. The monoisotopic (exact) mass is 252 g/mol. The summed E-state index contributed by atoms with van der Waals surface area (Å²) in [5, 5.41) is 3.76. The zero-order valence-corrected chi connectivity index (χ0v) is 13.4. The molecule has 0 amide bonds. The number of hydrogen-bond donors (Lipinski definition) is 1. The number of rotatable bonds is 3. The first-order valence-corrected chi connectivity index (χ1v) is 7.30. The van der Waals surface area contributed by atoms with Crippen molar-refractivity contribution in [3.05, 3.63) is 11.6 Å². The van der Waals surface area contributed by atoms with Gasteiger partial charge in [-0.3, -0.25) is 4.90 Å². The van der Waals surface area contributed by atoms with Crippen molar-refractivity contribution in [2.45, 2.75) is 66.5 Å². The fourth-order valence-electron chi connectivity index (χ4n) is 2.67. The highest BCUT2D eigenvalue weighted by Crippen LogP contribution is 2.29. The summed E-state index contributed by atoms with van der Waals surface area (Å²) in [7, 11) is 0. The number of hydrogen-bond acceptors (Lipinski definition) is 2. The lowest BCUT2D eigenvalue weighted by atomic mass is 9.81. The molecule has 18 heavy (non-hydrogen) atoms. The number of allylic oxidation sites excluding steroid dienone is 1. The van der Waals surface area contributed by atoms with Crippen LogP contribution < -0.4 is 5.32 Å². The summed E-state index contributed by atoms with van der Waals surface area (Å²) >= 11 is 0. The molecule has 0 saturated carbocycles. The largest absolute Gasteiger partial charge is 0.309 e. The maximum absolute atomic E-state index is 3.76. The van der Waals surface area contributed by atoms with Gasteiger partial charge in [0.25, 0.3) is 0 Å². The molecule has 1 rings (SSSR count). The highest BCUT2D eigenvalue weighted by molar-refractivity contribution is 5.02. The van der Waals surface area contributed by atoms with Gasteiger partial charge in [0.15, 0.2) is 0 Å². The van der Waals surface area contributed by atoms with Gasteiger partial charge in [-0.05, 0) is 32.6 Å². The van der Waals surface area contributed by atoms with E-state index < -0.39 is 0 Å². The second kappa shape index (κ2) is 5.75. The van der Waals surface area contributed by atoms with Gasteiger partial charge in [-0.2, -0.15) is 0 Å². The molecule has 2 nitrogen and oxygen atoms in total. The highest BCUT2D eigenvalue weighted by Gasteiger charge is 2.39. The van der Waals surface area contributed by atoms with Gasteiger partial charge in [-0.15, -0.1) is 0 Å². The minimum absolute atomic E-state index is 0.275. The summed E-state index contributed by atoms with van der Waals surface area (Å²) in [5.41, 5.74) is 2.02. The lowest BCUT2D eigenvalue weighted by Crippen LogP contribution is -2.65. The molecule has 1 fully saturated rings. The average molecular weight is 252 g/mol. The third kappa shape index (κ3) is 4.10. The van der Waals surface area contributed by atoms with Crippen LogP contribution in [0.2, 0.25) is 0 Å². The molecule has 0 aromatic rings. The van der Waals surface area contributed by atoms with Gasteiger partial charge < -0.3 is 5.32 Å². The highest BCUT2D eigenvalue weighted by atomic mass is 15.3. The van der Waals surface area contributed by atoms with E-state index in [2.05, 4.69) is 64.8 Å². The van der Waals surface area contributed by atoms with Gasteiger partial charge >= 0.3 is 0 Å². The van der Waals surface area contributed by atoms with Crippen LogP contribution in [0.5, 0.6) is 0 Å². The van der Waals surface area contributed by atoms with Crippen molar-refractivity contribution in [3.63, 3.8) is 0 Å². The topological polar surface area (TPSA) is 15.3 Å². The van der Waals surface area contributed by atoms with Crippen LogP contribution in [0, 0.1) is 5.41 Å². The van der Waals surface area contributed by atoms with Crippen molar-refractivity contribution in [3.8, 4) is 0 Å². The quantitative estimate of drug-likeness (QED) is 0.774. The molecule has 2 heteroatoms. The Morgan fingerprint density at radius 3 is 2.44 bits per heavy atom. The number of nitrogens with zero attached hydrogens (tertiary/aromatic N) is 1. The summed E-state index contributed by atoms with van der Waals surface area (Å²) in [6.07, 6.45) is 3.55. The molecule has 2 atom stereocenters. The van der Waals surface area contributed by atoms with Crippen molar-refractivity contribution in [2.75, 3.05) is 19.6 Å². The Kier molecular flexibility index (Phi) is 5.02. The summed E-state index contributed by atoms with van der Waals surface area (Å²) in [4.78, 5) is 2.66. The van der Waals surface area contributed by atoms with Crippen molar-refractivity contribution in [2.24, 2.45) is 5.41 Å².